The number of phenols is 2. The van der Waals surface area contributed by atoms with E-state index in [0.717, 1.165) is 98.3 Å². The van der Waals surface area contributed by atoms with E-state index >= 15 is 0 Å². The van der Waals surface area contributed by atoms with Gasteiger partial charge in [-0.1, -0.05) is 54.8 Å². The second-order valence-electron chi connectivity index (χ2n) is 17.5. The van der Waals surface area contributed by atoms with Crippen molar-refractivity contribution < 1.29 is 15.3 Å². The third-order valence-corrected chi connectivity index (χ3v) is 14.5. The summed E-state index contributed by atoms with van der Waals surface area (Å²) < 4.78 is 3.76. The highest BCUT2D eigenvalue weighted by atomic mass is 35.5. The Labute approximate surface area is 372 Å². The summed E-state index contributed by atoms with van der Waals surface area (Å²) in [5.74, 6) is 2.74. The Hall–Kier alpha value is -5.12. The number of piperidine rings is 1. The molecule has 15 heteroatoms. The van der Waals surface area contributed by atoms with Gasteiger partial charge in [0.2, 0.25) is 0 Å². The lowest BCUT2D eigenvalue weighted by molar-refractivity contribution is 0.0913. The van der Waals surface area contributed by atoms with Crippen molar-refractivity contribution in [2.24, 2.45) is 10.9 Å². The van der Waals surface area contributed by atoms with Crippen molar-refractivity contribution >= 4 is 28.6 Å². The Morgan fingerprint density at radius 3 is 2.19 bits per heavy atom. The summed E-state index contributed by atoms with van der Waals surface area (Å²) in [5.41, 5.74) is 7.45. The molecule has 3 aliphatic rings. The number of hydrogen-bond donors (Lipinski definition) is 3. The molecule has 6 heterocycles. The molecule has 13 nitrogen and oxygen atoms in total. The summed E-state index contributed by atoms with van der Waals surface area (Å²) in [7, 11) is 0. The van der Waals surface area contributed by atoms with Crippen LogP contribution in [0.3, 0.4) is 0 Å². The molecule has 3 aromatic heterocycles. The lowest BCUT2D eigenvalue weighted by Gasteiger charge is -2.39. The molecule has 0 radical (unpaired) electrons. The molecule has 3 N–H and O–H groups in total. The monoisotopic (exact) mass is 874 g/mol. The van der Waals surface area contributed by atoms with Crippen LogP contribution in [0.5, 0.6) is 17.5 Å². The number of hydrogen-bond acceptors (Lipinski definition) is 12. The van der Waals surface area contributed by atoms with Crippen LogP contribution in [0.2, 0.25) is 5.02 Å². The van der Waals surface area contributed by atoms with Gasteiger partial charge in [0.1, 0.15) is 28.4 Å². The fourth-order valence-corrected chi connectivity index (χ4v) is 10.7. The lowest BCUT2D eigenvalue weighted by Crippen LogP contribution is -2.48. The number of aromatic hydroxyl groups is 3. The topological polar surface area (TPSA) is 144 Å². The van der Waals surface area contributed by atoms with E-state index in [-0.39, 0.29) is 29.5 Å². The van der Waals surface area contributed by atoms with Crippen LogP contribution in [0.4, 0.5) is 0 Å². The molecule has 62 heavy (non-hydrogen) atoms. The van der Waals surface area contributed by atoms with Gasteiger partial charge in [-0.25, -0.2) is 4.57 Å². The number of aliphatic imine (C=N–C) groups is 1. The largest absolute Gasteiger partial charge is 0.508 e. The molecular formula is C47H55ClN10O3S. The van der Waals surface area contributed by atoms with Gasteiger partial charge in [-0.15, -0.1) is 26.6 Å². The van der Waals surface area contributed by atoms with E-state index in [0.29, 0.717) is 28.6 Å². The summed E-state index contributed by atoms with van der Waals surface area (Å²) in [6.45, 7) is 19.7. The number of rotatable bonds is 11. The number of phenolic OH excluding ortho intramolecular Hbond substituents is 2. The molecule has 0 aliphatic carbocycles. The molecular weight excluding hydrogens is 820 g/mol. The van der Waals surface area contributed by atoms with E-state index in [2.05, 4.69) is 72.7 Å². The van der Waals surface area contributed by atoms with Crippen molar-refractivity contribution in [1.82, 2.24) is 44.2 Å². The van der Waals surface area contributed by atoms with Gasteiger partial charge >= 0.3 is 6.01 Å². The van der Waals surface area contributed by atoms with Crippen molar-refractivity contribution in [3.8, 4) is 39.6 Å². The van der Waals surface area contributed by atoms with E-state index in [9.17, 15) is 15.3 Å². The number of aryl methyl sites for hydroxylation is 2. The van der Waals surface area contributed by atoms with Crippen molar-refractivity contribution in [2.75, 3.05) is 52.4 Å². The second kappa shape index (κ2) is 17.6. The molecule has 1 atom stereocenters. The molecule has 0 spiro atoms. The number of piperazine rings is 1. The predicted octanol–water partition coefficient (Wildman–Crippen LogP) is 8.21. The minimum atomic E-state index is -0.272. The number of thiophene rings is 1. The molecule has 0 unspecified atom stereocenters. The van der Waals surface area contributed by atoms with Gasteiger partial charge in [-0.3, -0.25) is 14.5 Å². The van der Waals surface area contributed by atoms with Gasteiger partial charge in [0.05, 0.1) is 17.0 Å². The average molecular weight is 876 g/mol. The number of aromatic nitrogens is 6. The molecule has 9 rings (SSSR count). The lowest BCUT2D eigenvalue weighted by atomic mass is 9.95. The zero-order chi connectivity index (χ0) is 43.2. The number of benzene rings is 3. The fraction of sp³-hybridized carbons (Fsp3) is 0.426. The highest BCUT2D eigenvalue weighted by Gasteiger charge is 2.32. The van der Waals surface area contributed by atoms with E-state index in [4.69, 9.17) is 21.7 Å². The zero-order valence-corrected chi connectivity index (χ0v) is 37.7. The first kappa shape index (κ1) is 42.2. The molecule has 3 aliphatic heterocycles. The SMILES string of the molecule is Cc1sc2c(c1C)C(c1ccc(Cl)cc1)=N[C@@H](CCN1CCC(CN3CCN(Cc4ccc(-n5c(O)nnc5-c5cc(C(C)C)c(O)cc5O)cc4)CC3)CC1)c1nnc(C)n1-2. The van der Waals surface area contributed by atoms with Gasteiger partial charge < -0.3 is 25.1 Å². The van der Waals surface area contributed by atoms with Crippen LogP contribution < -0.4 is 0 Å². The summed E-state index contributed by atoms with van der Waals surface area (Å²) in [4.78, 5) is 14.5. The first-order valence-corrected chi connectivity index (χ1v) is 22.9. The number of fused-ring (bicyclic) bond motifs is 3. The second-order valence-corrected chi connectivity index (χ2v) is 19.1. The Morgan fingerprint density at radius 1 is 0.774 bits per heavy atom. The molecule has 2 saturated heterocycles. The minimum Gasteiger partial charge on any atom is -0.508 e. The van der Waals surface area contributed by atoms with E-state index in [1.54, 1.807) is 17.4 Å². The average Bonchev–Trinajstić information content (AvgIpc) is 3.90. The summed E-state index contributed by atoms with van der Waals surface area (Å²) in [5, 5.41) is 51.0. The van der Waals surface area contributed by atoms with Gasteiger partial charge in [0.15, 0.2) is 11.6 Å². The maximum absolute atomic E-state index is 10.7. The van der Waals surface area contributed by atoms with Gasteiger partial charge in [0.25, 0.3) is 0 Å². The highest BCUT2D eigenvalue weighted by molar-refractivity contribution is 7.15. The quantitative estimate of drug-likeness (QED) is 0.117. The Morgan fingerprint density at radius 2 is 1.48 bits per heavy atom. The number of nitrogens with zero attached hydrogens (tertiary/aromatic N) is 10. The summed E-state index contributed by atoms with van der Waals surface area (Å²) >= 11 is 8.11. The smallest absolute Gasteiger partial charge is 0.319 e. The van der Waals surface area contributed by atoms with Crippen LogP contribution in [-0.2, 0) is 6.54 Å². The van der Waals surface area contributed by atoms with Crippen LogP contribution in [0, 0.1) is 26.7 Å². The fourth-order valence-electron chi connectivity index (χ4n) is 9.31. The van der Waals surface area contributed by atoms with E-state index in [1.807, 2.05) is 45.0 Å². The summed E-state index contributed by atoms with van der Waals surface area (Å²) in [6.07, 6.45) is 3.29. The van der Waals surface area contributed by atoms with Gasteiger partial charge in [0, 0.05) is 72.9 Å². The van der Waals surface area contributed by atoms with Crippen LogP contribution >= 0.6 is 22.9 Å². The predicted molar refractivity (Wildman–Crippen MR) is 245 cm³/mol. The van der Waals surface area contributed by atoms with Crippen LogP contribution in [0.15, 0.2) is 65.7 Å². The van der Waals surface area contributed by atoms with E-state index < -0.39 is 0 Å². The van der Waals surface area contributed by atoms with Gasteiger partial charge in [-0.2, -0.15) is 0 Å². The minimum absolute atomic E-state index is 0.0202. The Balaban J connectivity index is 0.774. The molecule has 0 bridgehead atoms. The first-order chi connectivity index (χ1) is 29.9. The zero-order valence-electron chi connectivity index (χ0n) is 36.1. The standard InChI is InChI=1S/C47H55ClN10O3S/c1-28(2)37-24-38(41(60)25-40(37)59)44-51-53-47(61)58(44)36-12-6-32(7-13-36)26-55-20-22-56(23-21-55)27-33-14-17-54(18-15-33)19-16-39-45-52-50-31(5)57(45)46-42(29(3)30(4)62-46)43(49-39)34-8-10-35(48)11-9-34/h6-13,24-25,28,33,39,59-60H,14-23,26-27H2,1-5H3,(H,53,61)/t39-/m0/s1. The van der Waals surface area contributed by atoms with Crippen molar-refractivity contribution in [3.05, 3.63) is 110 Å². The third kappa shape index (κ3) is 8.38. The molecule has 0 saturated carbocycles. The first-order valence-electron chi connectivity index (χ1n) is 21.7. The molecule has 324 valence electrons. The highest BCUT2D eigenvalue weighted by Crippen LogP contribution is 2.41. The van der Waals surface area contributed by atoms with Crippen molar-refractivity contribution in [3.63, 3.8) is 0 Å². The molecule has 0 amide bonds. The third-order valence-electron chi connectivity index (χ3n) is 13.0. The molecule has 6 aromatic rings. The van der Waals surface area contributed by atoms with Crippen LogP contribution in [0.1, 0.15) is 89.4 Å². The van der Waals surface area contributed by atoms with Crippen molar-refractivity contribution in [2.45, 2.75) is 72.4 Å². The van der Waals surface area contributed by atoms with Crippen LogP contribution in [-0.4, -0.2) is 118 Å². The molecule has 2 fully saturated rings. The van der Waals surface area contributed by atoms with Gasteiger partial charge in [-0.05, 0) is 112 Å². The Bertz CT molecular complexity index is 2580. The number of halogens is 1. The van der Waals surface area contributed by atoms with Crippen molar-refractivity contribution in [1.29, 1.82) is 0 Å². The maximum atomic E-state index is 10.7. The maximum Gasteiger partial charge on any atom is 0.319 e. The Kier molecular flexibility index (Phi) is 12.0. The van der Waals surface area contributed by atoms with E-state index in [1.165, 1.54) is 45.0 Å². The normalized spacial score (nSPS) is 17.9. The molecule has 3 aromatic carbocycles. The van der Waals surface area contributed by atoms with Crippen LogP contribution in [0.25, 0.3) is 22.1 Å². The summed E-state index contributed by atoms with van der Waals surface area (Å²) in [6, 6.07) is 18.8. The number of likely N-dealkylation sites (tertiary alicyclic amines) is 1.